The molecule has 0 spiro atoms. The molecule has 1 amide bonds. The van der Waals surface area contributed by atoms with E-state index in [0.29, 0.717) is 31.9 Å². The van der Waals surface area contributed by atoms with Gasteiger partial charge in [-0.1, -0.05) is 12.1 Å². The molecule has 0 unspecified atom stereocenters. The van der Waals surface area contributed by atoms with Crippen molar-refractivity contribution in [3.63, 3.8) is 0 Å². The number of para-hydroxylation sites is 1. The monoisotopic (exact) mass is 496 g/mol. The molecule has 12 heteroatoms. The second-order valence-corrected chi connectivity index (χ2v) is 7.71. The van der Waals surface area contributed by atoms with Crippen molar-refractivity contribution in [1.29, 1.82) is 0 Å². The van der Waals surface area contributed by atoms with Gasteiger partial charge >= 0.3 is 0 Å². The Kier molecular flexibility index (Phi) is 9.89. The van der Waals surface area contributed by atoms with Crippen LogP contribution < -0.4 is 9.80 Å². The van der Waals surface area contributed by atoms with Gasteiger partial charge in [0, 0.05) is 50.9 Å². The molecular weight excluding hydrogens is 468 g/mol. The summed E-state index contributed by atoms with van der Waals surface area (Å²) in [7, 11) is 0. The largest absolute Gasteiger partial charge is 0.483 e. The number of nitrogens with zero attached hydrogens (tertiary/aromatic N) is 6. The lowest BCUT2D eigenvalue weighted by atomic mass is 10.2. The fourth-order valence-corrected chi connectivity index (χ4v) is 4.04. The SMILES string of the molecule is O=C(c1ccc(N2CCN(c3ncnc4ccccc34)CC2)nc1)N1CCOCC1.O=CO.O=CO. The summed E-state index contributed by atoms with van der Waals surface area (Å²) in [5, 5.41) is 14.9. The van der Waals surface area contributed by atoms with Gasteiger partial charge in [0.25, 0.3) is 18.9 Å². The predicted octanol–water partition coefficient (Wildman–Crippen LogP) is 1.23. The Morgan fingerprint density at radius 1 is 0.833 bits per heavy atom. The number of hydrogen-bond acceptors (Lipinski definition) is 9. The number of carbonyl (C=O) groups excluding carboxylic acids is 1. The van der Waals surface area contributed by atoms with E-state index in [4.69, 9.17) is 24.5 Å². The molecule has 12 nitrogen and oxygen atoms in total. The molecule has 0 aliphatic carbocycles. The average Bonchev–Trinajstić information content (AvgIpc) is 2.94. The minimum atomic E-state index is -0.250. The first-order valence-electron chi connectivity index (χ1n) is 11.3. The maximum absolute atomic E-state index is 12.6. The highest BCUT2D eigenvalue weighted by Crippen LogP contribution is 2.24. The number of rotatable bonds is 3. The maximum Gasteiger partial charge on any atom is 0.290 e. The second kappa shape index (κ2) is 13.5. The molecule has 2 aliphatic heterocycles. The molecule has 0 bridgehead atoms. The zero-order valence-corrected chi connectivity index (χ0v) is 19.6. The predicted molar refractivity (Wildman–Crippen MR) is 132 cm³/mol. The minimum absolute atomic E-state index is 0.0257. The van der Waals surface area contributed by atoms with Crippen molar-refractivity contribution in [2.45, 2.75) is 0 Å². The van der Waals surface area contributed by atoms with Crippen molar-refractivity contribution in [1.82, 2.24) is 19.9 Å². The number of hydrogen-bond donors (Lipinski definition) is 2. The van der Waals surface area contributed by atoms with Crippen LogP contribution in [0.25, 0.3) is 10.9 Å². The van der Waals surface area contributed by atoms with Gasteiger partial charge in [-0.3, -0.25) is 14.4 Å². The summed E-state index contributed by atoms with van der Waals surface area (Å²) >= 11 is 0. The zero-order valence-electron chi connectivity index (χ0n) is 19.6. The number of fused-ring (bicyclic) bond motifs is 1. The summed E-state index contributed by atoms with van der Waals surface area (Å²) in [6.07, 6.45) is 3.33. The molecule has 2 N–H and O–H groups in total. The number of ether oxygens (including phenoxy) is 1. The summed E-state index contributed by atoms with van der Waals surface area (Å²) in [4.78, 5) is 49.2. The van der Waals surface area contributed by atoms with Gasteiger partial charge in [0.1, 0.15) is 18.0 Å². The Bertz CT molecular complexity index is 1120. The number of piperazine rings is 1. The van der Waals surface area contributed by atoms with Gasteiger partial charge in [-0.2, -0.15) is 0 Å². The first-order chi connectivity index (χ1) is 17.6. The molecule has 2 fully saturated rings. The van der Waals surface area contributed by atoms with Crippen LogP contribution in [0.2, 0.25) is 0 Å². The number of pyridine rings is 1. The molecule has 0 saturated carbocycles. The van der Waals surface area contributed by atoms with Crippen molar-refractivity contribution >= 4 is 41.4 Å². The van der Waals surface area contributed by atoms with Crippen LogP contribution in [0.4, 0.5) is 11.6 Å². The average molecular weight is 497 g/mol. The van der Waals surface area contributed by atoms with Crippen molar-refractivity contribution in [2.75, 3.05) is 62.3 Å². The zero-order chi connectivity index (χ0) is 25.8. The number of anilines is 2. The van der Waals surface area contributed by atoms with E-state index in [2.05, 4.69) is 30.8 Å². The van der Waals surface area contributed by atoms with E-state index < -0.39 is 0 Å². The van der Waals surface area contributed by atoms with Crippen molar-refractivity contribution < 1.29 is 29.3 Å². The quantitative estimate of drug-likeness (QED) is 0.504. The summed E-state index contributed by atoms with van der Waals surface area (Å²) in [5.74, 6) is 1.91. The molecule has 1 aromatic carbocycles. The normalized spacial score (nSPS) is 15.2. The topological polar surface area (TPSA) is 149 Å². The standard InChI is InChI=1S/C22H24N6O2.2CH2O2/c29-22(28-11-13-30-14-12-28)17-5-6-20(23-15-17)26-7-9-27(10-8-26)21-18-3-1-2-4-19(18)24-16-25-21;2*2-1-3/h1-6,15-16H,7-14H2;2*1H,(H,2,3). The lowest BCUT2D eigenvalue weighted by Gasteiger charge is -2.36. The number of morpholine rings is 1. The van der Waals surface area contributed by atoms with Crippen LogP contribution >= 0.6 is 0 Å². The highest BCUT2D eigenvalue weighted by molar-refractivity contribution is 5.94. The van der Waals surface area contributed by atoms with Crippen LogP contribution in [0.5, 0.6) is 0 Å². The van der Waals surface area contributed by atoms with Gasteiger partial charge in [0.05, 0.1) is 24.3 Å². The first-order valence-corrected chi connectivity index (χ1v) is 11.3. The van der Waals surface area contributed by atoms with E-state index in [1.807, 2.05) is 35.2 Å². The van der Waals surface area contributed by atoms with Crippen LogP contribution in [0.1, 0.15) is 10.4 Å². The van der Waals surface area contributed by atoms with E-state index in [1.54, 1.807) is 12.5 Å². The highest BCUT2D eigenvalue weighted by Gasteiger charge is 2.22. The Morgan fingerprint density at radius 3 is 2.11 bits per heavy atom. The van der Waals surface area contributed by atoms with Crippen LogP contribution in [0, 0.1) is 0 Å². The lowest BCUT2D eigenvalue weighted by Crippen LogP contribution is -2.47. The molecular formula is C24H28N6O6. The van der Waals surface area contributed by atoms with Crippen LogP contribution in [-0.2, 0) is 14.3 Å². The van der Waals surface area contributed by atoms with E-state index in [1.165, 1.54) is 0 Å². The Morgan fingerprint density at radius 2 is 1.47 bits per heavy atom. The number of carboxylic acid groups (broad SMARTS) is 2. The van der Waals surface area contributed by atoms with Gasteiger partial charge in [0.15, 0.2) is 0 Å². The Hall–Kier alpha value is -4.32. The van der Waals surface area contributed by atoms with Crippen LogP contribution in [-0.4, -0.2) is 101 Å². The summed E-state index contributed by atoms with van der Waals surface area (Å²) in [6.45, 7) is 5.39. The Balaban J connectivity index is 0.000000550. The molecule has 2 saturated heterocycles. The smallest absolute Gasteiger partial charge is 0.290 e. The molecule has 2 aromatic heterocycles. The molecule has 4 heterocycles. The second-order valence-electron chi connectivity index (χ2n) is 7.71. The lowest BCUT2D eigenvalue weighted by molar-refractivity contribution is -0.123. The van der Waals surface area contributed by atoms with Crippen molar-refractivity contribution in [2.24, 2.45) is 0 Å². The Labute approximate surface area is 207 Å². The van der Waals surface area contributed by atoms with Gasteiger partial charge in [-0.15, -0.1) is 0 Å². The molecule has 5 rings (SSSR count). The van der Waals surface area contributed by atoms with E-state index in [-0.39, 0.29) is 18.9 Å². The van der Waals surface area contributed by atoms with E-state index >= 15 is 0 Å². The number of carbonyl (C=O) groups is 3. The van der Waals surface area contributed by atoms with Gasteiger partial charge in [0.2, 0.25) is 0 Å². The third kappa shape index (κ3) is 6.63. The summed E-state index contributed by atoms with van der Waals surface area (Å²) < 4.78 is 5.32. The molecule has 0 radical (unpaired) electrons. The third-order valence-electron chi connectivity index (χ3n) is 5.72. The molecule has 0 atom stereocenters. The fraction of sp³-hybridized carbons (Fsp3) is 0.333. The van der Waals surface area contributed by atoms with Crippen LogP contribution in [0.15, 0.2) is 48.9 Å². The molecule has 3 aromatic rings. The van der Waals surface area contributed by atoms with Gasteiger partial charge in [-0.25, -0.2) is 15.0 Å². The van der Waals surface area contributed by atoms with Crippen molar-refractivity contribution in [3.05, 3.63) is 54.5 Å². The summed E-state index contributed by atoms with van der Waals surface area (Å²) in [5.41, 5.74) is 1.60. The minimum Gasteiger partial charge on any atom is -0.483 e. The van der Waals surface area contributed by atoms with Gasteiger partial charge < -0.3 is 29.6 Å². The number of benzene rings is 1. The fourth-order valence-electron chi connectivity index (χ4n) is 4.04. The molecule has 36 heavy (non-hydrogen) atoms. The van der Waals surface area contributed by atoms with Gasteiger partial charge in [-0.05, 0) is 24.3 Å². The van der Waals surface area contributed by atoms with E-state index in [0.717, 1.165) is 48.7 Å². The number of amides is 1. The molecule has 190 valence electrons. The van der Waals surface area contributed by atoms with Crippen molar-refractivity contribution in [3.8, 4) is 0 Å². The number of aromatic nitrogens is 3. The highest BCUT2D eigenvalue weighted by atomic mass is 16.5. The first kappa shape index (κ1) is 26.3. The summed E-state index contributed by atoms with van der Waals surface area (Å²) in [6, 6.07) is 11.9. The van der Waals surface area contributed by atoms with E-state index in [9.17, 15) is 4.79 Å². The maximum atomic E-state index is 12.6. The third-order valence-corrected chi connectivity index (χ3v) is 5.72. The molecule has 2 aliphatic rings. The van der Waals surface area contributed by atoms with Crippen LogP contribution in [0.3, 0.4) is 0 Å².